The van der Waals surface area contributed by atoms with Gasteiger partial charge in [-0.15, -0.1) is 0 Å². The third kappa shape index (κ3) is 3.99. The molecule has 0 N–H and O–H groups in total. The fourth-order valence-corrected chi connectivity index (χ4v) is 2.75. The van der Waals surface area contributed by atoms with Gasteiger partial charge in [0.25, 0.3) is 0 Å². The summed E-state index contributed by atoms with van der Waals surface area (Å²) in [6.45, 7) is 0.443. The molecule has 3 aromatic rings. The van der Waals surface area contributed by atoms with Gasteiger partial charge in [0.1, 0.15) is 18.2 Å². The summed E-state index contributed by atoms with van der Waals surface area (Å²) in [6.07, 6.45) is 1.59. The molecule has 0 radical (unpaired) electrons. The van der Waals surface area contributed by atoms with Crippen LogP contribution in [-0.2, 0) is 16.1 Å². The molecule has 1 aliphatic heterocycles. The topological polar surface area (TPSA) is 47.9 Å². The monoisotopic (exact) mass is 373 g/mol. The molecule has 0 saturated carbocycles. The summed E-state index contributed by atoms with van der Waals surface area (Å²) in [6, 6.07) is 23.2. The van der Waals surface area contributed by atoms with Crippen LogP contribution in [0.15, 0.2) is 89.6 Å². The molecule has 28 heavy (non-hydrogen) atoms. The van der Waals surface area contributed by atoms with E-state index in [1.54, 1.807) is 24.3 Å². The smallest absolute Gasteiger partial charge is 0.363 e. The number of esters is 1. The largest absolute Gasteiger partial charge is 0.489 e. The van der Waals surface area contributed by atoms with Crippen molar-refractivity contribution in [2.45, 2.75) is 6.61 Å². The molecule has 0 fully saturated rings. The van der Waals surface area contributed by atoms with Crippen LogP contribution in [0, 0.1) is 5.82 Å². The Morgan fingerprint density at radius 3 is 2.57 bits per heavy atom. The highest BCUT2D eigenvalue weighted by atomic mass is 19.1. The molecule has 0 aliphatic carbocycles. The highest BCUT2D eigenvalue weighted by Crippen LogP contribution is 2.22. The van der Waals surface area contributed by atoms with Gasteiger partial charge in [0.2, 0.25) is 5.90 Å². The van der Waals surface area contributed by atoms with E-state index in [9.17, 15) is 9.18 Å². The third-order valence-corrected chi connectivity index (χ3v) is 4.13. The third-order valence-electron chi connectivity index (χ3n) is 4.13. The van der Waals surface area contributed by atoms with Gasteiger partial charge in [-0.1, -0.05) is 54.6 Å². The number of ether oxygens (including phenoxy) is 2. The van der Waals surface area contributed by atoms with Crippen LogP contribution in [0.2, 0.25) is 0 Å². The molecule has 0 saturated heterocycles. The average molecular weight is 373 g/mol. The van der Waals surface area contributed by atoms with Gasteiger partial charge in [-0.05, 0) is 41.5 Å². The Kier molecular flexibility index (Phi) is 4.97. The van der Waals surface area contributed by atoms with Crippen molar-refractivity contribution in [3.63, 3.8) is 0 Å². The summed E-state index contributed by atoms with van der Waals surface area (Å²) >= 11 is 0. The van der Waals surface area contributed by atoms with Crippen LogP contribution in [0.3, 0.4) is 0 Å². The molecule has 4 nitrogen and oxygen atoms in total. The zero-order valence-corrected chi connectivity index (χ0v) is 14.8. The lowest BCUT2D eigenvalue weighted by molar-refractivity contribution is -0.129. The summed E-state index contributed by atoms with van der Waals surface area (Å²) in [5.41, 5.74) is 2.05. The Morgan fingerprint density at radius 1 is 0.964 bits per heavy atom. The number of carbonyl (C=O) groups is 1. The molecular weight excluding hydrogens is 357 g/mol. The molecule has 4 rings (SSSR count). The summed E-state index contributed by atoms with van der Waals surface area (Å²) in [7, 11) is 0. The lowest BCUT2D eigenvalue weighted by Gasteiger charge is -2.07. The highest BCUT2D eigenvalue weighted by molar-refractivity contribution is 6.12. The Morgan fingerprint density at radius 2 is 1.75 bits per heavy atom. The summed E-state index contributed by atoms with van der Waals surface area (Å²) in [5, 5.41) is 0. The number of hydrogen-bond acceptors (Lipinski definition) is 4. The zero-order chi connectivity index (χ0) is 19.3. The van der Waals surface area contributed by atoms with Gasteiger partial charge >= 0.3 is 5.97 Å². The van der Waals surface area contributed by atoms with Crippen molar-refractivity contribution in [2.24, 2.45) is 4.99 Å². The van der Waals surface area contributed by atoms with Crippen LogP contribution >= 0.6 is 0 Å². The first kappa shape index (κ1) is 17.7. The van der Waals surface area contributed by atoms with Crippen molar-refractivity contribution in [1.82, 2.24) is 0 Å². The number of carbonyl (C=O) groups excluding carboxylic acids is 1. The van der Waals surface area contributed by atoms with Crippen molar-refractivity contribution < 1.29 is 18.7 Å². The van der Waals surface area contributed by atoms with Crippen molar-refractivity contribution in [2.75, 3.05) is 0 Å². The second-order valence-electron chi connectivity index (χ2n) is 6.16. The van der Waals surface area contributed by atoms with Crippen LogP contribution in [0.25, 0.3) is 6.08 Å². The van der Waals surface area contributed by atoms with E-state index in [-0.39, 0.29) is 17.2 Å². The molecular formula is C23H16FNO3. The van der Waals surface area contributed by atoms with Crippen molar-refractivity contribution in [3.05, 3.63) is 107 Å². The van der Waals surface area contributed by atoms with Gasteiger partial charge in [0.15, 0.2) is 5.70 Å². The maximum absolute atomic E-state index is 13.9. The standard InChI is InChI=1S/C23H16FNO3/c24-20-12-5-4-11-19(20)22-25-21(23(26)28-22)14-17-9-6-10-18(13-17)27-15-16-7-2-1-3-8-16/h1-14H,15H2/b21-14+. The molecule has 0 atom stereocenters. The predicted molar refractivity (Wildman–Crippen MR) is 104 cm³/mol. The first-order valence-electron chi connectivity index (χ1n) is 8.73. The minimum absolute atomic E-state index is 0.0363. The van der Waals surface area contributed by atoms with Gasteiger partial charge in [0.05, 0.1) is 5.56 Å². The Balaban J connectivity index is 1.54. The Hall–Kier alpha value is -3.73. The van der Waals surface area contributed by atoms with Crippen molar-refractivity contribution in [1.29, 1.82) is 0 Å². The van der Waals surface area contributed by atoms with E-state index in [0.717, 1.165) is 11.1 Å². The molecule has 0 amide bonds. The molecule has 3 aromatic carbocycles. The summed E-state index contributed by atoms with van der Waals surface area (Å²) in [5.74, 6) is -0.478. The number of cyclic esters (lactones) is 1. The number of nitrogens with zero attached hydrogens (tertiary/aromatic N) is 1. The maximum atomic E-state index is 13.9. The number of aliphatic imine (C=N–C) groups is 1. The van der Waals surface area contributed by atoms with Gasteiger partial charge in [0, 0.05) is 0 Å². The Labute approximate surface area is 161 Å². The van der Waals surface area contributed by atoms with Crippen molar-refractivity contribution in [3.8, 4) is 5.75 Å². The number of rotatable bonds is 5. The van der Waals surface area contributed by atoms with E-state index < -0.39 is 11.8 Å². The maximum Gasteiger partial charge on any atom is 0.363 e. The lowest BCUT2D eigenvalue weighted by atomic mass is 10.2. The second-order valence-corrected chi connectivity index (χ2v) is 6.16. The summed E-state index contributed by atoms with van der Waals surface area (Å²) < 4.78 is 24.8. The fourth-order valence-electron chi connectivity index (χ4n) is 2.75. The second kappa shape index (κ2) is 7.88. The van der Waals surface area contributed by atoms with E-state index in [1.807, 2.05) is 48.5 Å². The van der Waals surface area contributed by atoms with Gasteiger partial charge < -0.3 is 9.47 Å². The van der Waals surface area contributed by atoms with E-state index in [0.29, 0.717) is 12.4 Å². The first-order chi connectivity index (χ1) is 13.7. The first-order valence-corrected chi connectivity index (χ1v) is 8.73. The molecule has 5 heteroatoms. The van der Waals surface area contributed by atoms with Crippen LogP contribution in [0.1, 0.15) is 16.7 Å². The fraction of sp³-hybridized carbons (Fsp3) is 0.0435. The van der Waals surface area contributed by atoms with Crippen LogP contribution in [0.4, 0.5) is 4.39 Å². The molecule has 138 valence electrons. The molecule has 0 aromatic heterocycles. The lowest BCUT2D eigenvalue weighted by Crippen LogP contribution is -2.07. The molecule has 0 unspecified atom stereocenters. The Bertz CT molecular complexity index is 1070. The molecule has 1 heterocycles. The van der Waals surface area contributed by atoms with Gasteiger partial charge in [-0.2, -0.15) is 0 Å². The average Bonchev–Trinajstić information content (AvgIpc) is 3.08. The number of benzene rings is 3. The van der Waals surface area contributed by atoms with Crippen LogP contribution in [0.5, 0.6) is 5.75 Å². The van der Waals surface area contributed by atoms with Gasteiger partial charge in [-0.25, -0.2) is 14.2 Å². The number of hydrogen-bond donors (Lipinski definition) is 0. The minimum Gasteiger partial charge on any atom is -0.489 e. The summed E-state index contributed by atoms with van der Waals surface area (Å²) in [4.78, 5) is 16.3. The van der Waals surface area contributed by atoms with Crippen LogP contribution in [-0.4, -0.2) is 11.9 Å². The van der Waals surface area contributed by atoms with E-state index in [2.05, 4.69) is 4.99 Å². The molecule has 0 bridgehead atoms. The molecule has 0 spiro atoms. The van der Waals surface area contributed by atoms with Crippen molar-refractivity contribution >= 4 is 17.9 Å². The highest BCUT2D eigenvalue weighted by Gasteiger charge is 2.25. The SMILES string of the molecule is O=C1OC(c2ccccc2F)=N/C1=C/c1cccc(OCc2ccccc2)c1. The predicted octanol–water partition coefficient (Wildman–Crippen LogP) is 4.75. The van der Waals surface area contributed by atoms with E-state index in [4.69, 9.17) is 9.47 Å². The van der Waals surface area contributed by atoms with E-state index >= 15 is 0 Å². The molecule has 1 aliphatic rings. The number of halogens is 1. The quantitative estimate of drug-likeness (QED) is 0.479. The minimum atomic E-state index is -0.617. The normalized spacial score (nSPS) is 14.7. The van der Waals surface area contributed by atoms with E-state index in [1.165, 1.54) is 12.1 Å². The van der Waals surface area contributed by atoms with Crippen LogP contribution < -0.4 is 4.74 Å². The van der Waals surface area contributed by atoms with Gasteiger partial charge in [-0.3, -0.25) is 0 Å². The zero-order valence-electron chi connectivity index (χ0n) is 14.8.